The first-order valence-corrected chi connectivity index (χ1v) is 28.1. The second-order valence-electron chi connectivity index (χ2n) is 25.5. The Morgan fingerprint density at radius 1 is 0.321 bits per heavy atom. The molecule has 4 aliphatic rings. The Morgan fingerprint density at radius 2 is 0.833 bits per heavy atom. The summed E-state index contributed by atoms with van der Waals surface area (Å²) in [5.74, 6) is 0.188. The predicted molar refractivity (Wildman–Crippen MR) is 322 cm³/mol. The Bertz CT molecular complexity index is 4860. The first kappa shape index (κ1) is 44.7. The molecular formula is C75H58O3. The molecule has 3 heteroatoms. The van der Waals surface area contributed by atoms with Crippen LogP contribution in [0.1, 0.15) is 123 Å². The smallest absolute Gasteiger partial charge is 0.144 e. The third-order valence-electron chi connectivity index (χ3n) is 19.8. The molecule has 0 N–H and O–H groups in total. The summed E-state index contributed by atoms with van der Waals surface area (Å²) in [4.78, 5) is 0. The van der Waals surface area contributed by atoms with Crippen LogP contribution in [0.2, 0.25) is 0 Å². The molecule has 0 amide bonds. The van der Waals surface area contributed by atoms with Crippen LogP contribution in [0.15, 0.2) is 189 Å². The predicted octanol–water partition coefficient (Wildman–Crippen LogP) is 20.2. The molecule has 0 spiro atoms. The van der Waals surface area contributed by atoms with Gasteiger partial charge in [-0.3, -0.25) is 0 Å². The maximum Gasteiger partial charge on any atom is 0.144 e. The van der Waals surface area contributed by atoms with E-state index in [1.165, 1.54) is 133 Å². The minimum absolute atomic E-state index is 0.161. The van der Waals surface area contributed by atoms with E-state index in [1.54, 1.807) is 0 Å². The van der Waals surface area contributed by atoms with Crippen molar-refractivity contribution in [2.24, 2.45) is 0 Å². The van der Waals surface area contributed by atoms with E-state index in [-0.39, 0.29) is 27.6 Å². The van der Waals surface area contributed by atoms with E-state index in [9.17, 15) is 0 Å². The quantitative estimate of drug-likeness (QED) is 0.172. The highest BCUT2D eigenvalue weighted by Gasteiger charge is 2.49. The van der Waals surface area contributed by atoms with Gasteiger partial charge >= 0.3 is 0 Å². The molecule has 4 aliphatic carbocycles. The van der Waals surface area contributed by atoms with Gasteiger partial charge in [0.1, 0.15) is 33.5 Å². The van der Waals surface area contributed by atoms with Crippen molar-refractivity contribution < 1.29 is 13.3 Å². The molecule has 78 heavy (non-hydrogen) atoms. The Labute approximate surface area is 454 Å². The number of hydrogen-bond donors (Lipinski definition) is 0. The summed E-state index contributed by atoms with van der Waals surface area (Å²) in [5.41, 5.74) is 30.8. The summed E-state index contributed by atoms with van der Waals surface area (Å²) in [6.45, 7) is 19.5. The molecular weight excluding hydrogens is 949 g/mol. The number of benzene rings is 10. The minimum atomic E-state index is -0.267. The number of furan rings is 3. The molecule has 0 aliphatic heterocycles. The van der Waals surface area contributed by atoms with Gasteiger partial charge in [-0.2, -0.15) is 0 Å². The second kappa shape index (κ2) is 14.8. The molecule has 10 aromatic carbocycles. The van der Waals surface area contributed by atoms with E-state index >= 15 is 0 Å². The maximum absolute atomic E-state index is 7.00. The molecule has 0 saturated heterocycles. The van der Waals surface area contributed by atoms with Gasteiger partial charge < -0.3 is 13.3 Å². The number of para-hydroxylation sites is 3. The molecule has 13 aromatic rings. The summed E-state index contributed by atoms with van der Waals surface area (Å²) in [6.07, 6.45) is 1.78. The Hall–Kier alpha value is -8.40. The zero-order valence-electron chi connectivity index (χ0n) is 45.5. The van der Waals surface area contributed by atoms with Crippen LogP contribution in [0, 0.1) is 0 Å². The fraction of sp³-hybridized carbons (Fsp3) is 0.200. The van der Waals surface area contributed by atoms with Crippen molar-refractivity contribution in [1.29, 1.82) is 0 Å². The highest BCUT2D eigenvalue weighted by Crippen LogP contribution is 2.64. The molecule has 1 unspecified atom stereocenters. The summed E-state index contributed by atoms with van der Waals surface area (Å²) in [5, 5.41) is 7.19. The van der Waals surface area contributed by atoms with Gasteiger partial charge in [-0.15, -0.1) is 0 Å². The van der Waals surface area contributed by atoms with E-state index in [0.29, 0.717) is 0 Å². The fourth-order valence-electron chi connectivity index (χ4n) is 16.0. The van der Waals surface area contributed by atoms with Gasteiger partial charge in [0, 0.05) is 59.5 Å². The van der Waals surface area contributed by atoms with E-state index in [4.69, 9.17) is 13.3 Å². The van der Waals surface area contributed by atoms with E-state index in [1.807, 2.05) is 0 Å². The van der Waals surface area contributed by atoms with E-state index in [0.717, 1.165) is 51.7 Å². The molecule has 17 rings (SSSR count). The summed E-state index contributed by atoms with van der Waals surface area (Å²) >= 11 is 0. The topological polar surface area (TPSA) is 39.4 Å². The minimum Gasteiger partial charge on any atom is -0.456 e. The average molecular weight is 1010 g/mol. The summed E-state index contributed by atoms with van der Waals surface area (Å²) in [7, 11) is 0. The lowest BCUT2D eigenvalue weighted by Gasteiger charge is -2.31. The number of fused-ring (bicyclic) bond motifs is 25. The lowest BCUT2D eigenvalue weighted by Crippen LogP contribution is -2.24. The number of rotatable bonds is 5. The zero-order chi connectivity index (χ0) is 52.5. The van der Waals surface area contributed by atoms with Crippen LogP contribution in [0.4, 0.5) is 0 Å². The standard InChI is InChI=1S/C75H58O3/c1-72(2)54-30-32-63-65(48-19-11-15-23-60(48)77-63)64(54)52-39-57-50(38-58(52)72)44-28-25-40(35-55(44)73(57,3)4)33-43(42-27-31-62-51(37-42)45-17-10-14-22-59(45)76-62)34-41-26-29-47-56(36-41)75(7,8)69-66(47)67-49-20-12-16-24-61(49)78-71(67)68-46-18-9-13-21-53(46)74(5,6)70(68)69/h9-32,35-39,43H,33-34H2,1-8H3. The van der Waals surface area contributed by atoms with E-state index < -0.39 is 0 Å². The molecule has 376 valence electrons. The van der Waals surface area contributed by atoms with E-state index in [2.05, 4.69) is 231 Å². The van der Waals surface area contributed by atoms with Gasteiger partial charge in [0.05, 0.1) is 0 Å². The van der Waals surface area contributed by atoms with Gasteiger partial charge in [-0.25, -0.2) is 0 Å². The fourth-order valence-corrected chi connectivity index (χ4v) is 16.0. The maximum atomic E-state index is 7.00. The van der Waals surface area contributed by atoms with Crippen LogP contribution in [0.25, 0.3) is 110 Å². The van der Waals surface area contributed by atoms with Crippen molar-refractivity contribution in [2.45, 2.75) is 95.8 Å². The molecule has 1 atom stereocenters. The molecule has 0 radical (unpaired) electrons. The van der Waals surface area contributed by atoms with Crippen LogP contribution in [0.5, 0.6) is 0 Å². The molecule has 3 aromatic heterocycles. The van der Waals surface area contributed by atoms with Gasteiger partial charge in [0.15, 0.2) is 0 Å². The molecule has 0 fully saturated rings. The largest absolute Gasteiger partial charge is 0.456 e. The van der Waals surface area contributed by atoms with Crippen molar-refractivity contribution >= 4 is 65.8 Å². The van der Waals surface area contributed by atoms with Crippen LogP contribution in [0.3, 0.4) is 0 Å². The monoisotopic (exact) mass is 1010 g/mol. The van der Waals surface area contributed by atoms with Gasteiger partial charge in [0.2, 0.25) is 0 Å². The van der Waals surface area contributed by atoms with Crippen LogP contribution in [-0.4, -0.2) is 0 Å². The lowest BCUT2D eigenvalue weighted by atomic mass is 9.72. The Balaban J connectivity index is 0.793. The van der Waals surface area contributed by atoms with Crippen LogP contribution in [-0.2, 0) is 34.5 Å². The van der Waals surface area contributed by atoms with Crippen LogP contribution >= 0.6 is 0 Å². The van der Waals surface area contributed by atoms with Gasteiger partial charge in [0.25, 0.3) is 0 Å². The lowest BCUT2D eigenvalue weighted by molar-refractivity contribution is 0.599. The van der Waals surface area contributed by atoms with Gasteiger partial charge in [-0.05, 0) is 167 Å². The molecule has 3 nitrogen and oxygen atoms in total. The SMILES string of the molecule is CC1(C)c2cc(CC(Cc3ccc4c(c3)C(C)(C)c3c5c(c6oc7ccccc7c6c3-4)-c3ccccc3C5(C)C)c3ccc4oc5ccccc5c4c3)ccc2-c2cc3c(cc21)-c1c(ccc2oc4ccccc4c12)C3(C)C. The van der Waals surface area contributed by atoms with Gasteiger partial charge in [-0.1, -0.05) is 183 Å². The zero-order valence-corrected chi connectivity index (χ0v) is 45.5. The van der Waals surface area contributed by atoms with Crippen LogP contribution < -0.4 is 0 Å². The average Bonchev–Trinajstić information content (AvgIpc) is 4.25. The Kier molecular flexibility index (Phi) is 8.47. The van der Waals surface area contributed by atoms with Crippen molar-refractivity contribution in [2.75, 3.05) is 0 Å². The normalized spacial score (nSPS) is 16.7. The third kappa shape index (κ3) is 5.59. The summed E-state index contributed by atoms with van der Waals surface area (Å²) in [6, 6.07) is 66.2. The highest BCUT2D eigenvalue weighted by molar-refractivity contribution is 6.21. The molecule has 0 bridgehead atoms. The molecule has 3 heterocycles. The first-order valence-electron chi connectivity index (χ1n) is 28.1. The number of hydrogen-bond acceptors (Lipinski definition) is 3. The van der Waals surface area contributed by atoms with Crippen molar-refractivity contribution in [3.8, 4) is 44.5 Å². The highest BCUT2D eigenvalue weighted by atomic mass is 16.3. The van der Waals surface area contributed by atoms with Crippen molar-refractivity contribution in [3.05, 3.63) is 237 Å². The molecule has 0 saturated carbocycles. The second-order valence-corrected chi connectivity index (χ2v) is 25.5. The van der Waals surface area contributed by atoms with Crippen molar-refractivity contribution in [3.63, 3.8) is 0 Å². The third-order valence-corrected chi connectivity index (χ3v) is 19.8. The first-order chi connectivity index (χ1) is 37.7. The summed E-state index contributed by atoms with van der Waals surface area (Å²) < 4.78 is 19.9. The van der Waals surface area contributed by atoms with Crippen molar-refractivity contribution in [1.82, 2.24) is 0 Å². The Morgan fingerprint density at radius 3 is 1.59 bits per heavy atom.